The molecular formula is C24H30O4S3. The third kappa shape index (κ3) is 5.64. The van der Waals surface area contributed by atoms with Crippen molar-refractivity contribution in [2.75, 3.05) is 25.4 Å². The highest BCUT2D eigenvalue weighted by Gasteiger charge is 2.58. The first-order chi connectivity index (χ1) is 15.1. The zero-order valence-corrected chi connectivity index (χ0v) is 20.6. The minimum absolute atomic E-state index is 0.314. The average molecular weight is 479 g/mol. The number of ether oxygens (including phenoxy) is 3. The molecule has 3 rings (SSSR count). The van der Waals surface area contributed by atoms with Crippen LogP contribution in [0.25, 0.3) is 0 Å². The molecule has 4 nitrogen and oxygen atoms in total. The maximum atomic E-state index is 12.0. The summed E-state index contributed by atoms with van der Waals surface area (Å²) in [6, 6.07) is 20.0. The average Bonchev–Trinajstić information content (AvgIpc) is 2.81. The number of thioether (sulfide) groups is 3. The minimum atomic E-state index is -1.25. The van der Waals surface area contributed by atoms with Crippen LogP contribution in [0.15, 0.2) is 73.0 Å². The van der Waals surface area contributed by atoms with Crippen molar-refractivity contribution in [2.24, 2.45) is 0 Å². The molecule has 2 aromatic rings. The van der Waals surface area contributed by atoms with Crippen LogP contribution in [-0.4, -0.2) is 51.7 Å². The monoisotopic (exact) mass is 478 g/mol. The van der Waals surface area contributed by atoms with Gasteiger partial charge < -0.3 is 19.3 Å². The molecule has 0 unspecified atom stereocenters. The molecule has 0 aromatic heterocycles. The van der Waals surface area contributed by atoms with Crippen LogP contribution in [-0.2, 0) is 27.4 Å². The van der Waals surface area contributed by atoms with Crippen LogP contribution in [0.4, 0.5) is 0 Å². The summed E-state index contributed by atoms with van der Waals surface area (Å²) in [6.07, 6.45) is 8.35. The third-order valence-electron chi connectivity index (χ3n) is 5.31. The molecular weight excluding hydrogens is 448 g/mol. The standard InChI is InChI=1S/C24H30O4S3/c1-29-24(30-2,31-3)23(25)14-15-27-21(18-26-16-19-10-6-4-7-11-19)22(23)28-17-20-12-8-5-9-13-20/h4-15,21-22,25H,16-18H2,1-3H3/t21-,22+,23-/m1/s1. The molecule has 0 saturated carbocycles. The molecule has 2 aromatic carbocycles. The summed E-state index contributed by atoms with van der Waals surface area (Å²) in [7, 11) is 0. The summed E-state index contributed by atoms with van der Waals surface area (Å²) in [5, 5.41) is 12.0. The number of benzene rings is 2. The normalized spacial score (nSPS) is 23.5. The predicted octanol–water partition coefficient (Wildman–Crippen LogP) is 5.18. The Morgan fingerprint density at radius 1 is 0.903 bits per heavy atom. The van der Waals surface area contributed by atoms with Gasteiger partial charge in [0.2, 0.25) is 0 Å². The van der Waals surface area contributed by atoms with Gasteiger partial charge in [0.05, 0.1) is 26.1 Å². The van der Waals surface area contributed by atoms with Gasteiger partial charge in [-0.25, -0.2) is 0 Å². The van der Waals surface area contributed by atoms with E-state index in [9.17, 15) is 5.11 Å². The van der Waals surface area contributed by atoms with Gasteiger partial charge in [0.25, 0.3) is 0 Å². The third-order valence-corrected chi connectivity index (χ3v) is 10.9. The molecule has 0 spiro atoms. The SMILES string of the molecule is CSC(SC)(SC)[C@@]1(O)C=CO[C@H](COCc2ccccc2)[C@@H]1OCc1ccccc1. The van der Waals surface area contributed by atoms with Crippen LogP contribution in [0.1, 0.15) is 11.1 Å². The molecule has 0 aliphatic carbocycles. The molecule has 0 saturated heterocycles. The Labute approximate surface area is 198 Å². The Bertz CT molecular complexity index is 806. The number of aliphatic hydroxyl groups is 1. The molecule has 0 bridgehead atoms. The first-order valence-corrected chi connectivity index (χ1v) is 13.7. The fourth-order valence-electron chi connectivity index (χ4n) is 3.70. The second kappa shape index (κ2) is 11.7. The highest BCUT2D eigenvalue weighted by molar-refractivity contribution is 8.33. The molecule has 0 amide bonds. The van der Waals surface area contributed by atoms with Gasteiger partial charge in [0.1, 0.15) is 15.1 Å². The van der Waals surface area contributed by atoms with E-state index in [-0.39, 0.29) is 0 Å². The number of hydrogen-bond acceptors (Lipinski definition) is 7. The van der Waals surface area contributed by atoms with Crippen molar-refractivity contribution in [3.8, 4) is 0 Å². The van der Waals surface area contributed by atoms with Gasteiger partial charge in [-0.05, 0) is 36.0 Å². The largest absolute Gasteiger partial charge is 0.493 e. The Hall–Kier alpha value is -1.09. The molecule has 1 aliphatic rings. The summed E-state index contributed by atoms with van der Waals surface area (Å²) in [6.45, 7) is 1.18. The molecule has 3 atom stereocenters. The van der Waals surface area contributed by atoms with Gasteiger partial charge >= 0.3 is 0 Å². The van der Waals surface area contributed by atoms with E-state index >= 15 is 0 Å². The topological polar surface area (TPSA) is 47.9 Å². The molecule has 0 fully saturated rings. The first kappa shape index (κ1) is 24.6. The van der Waals surface area contributed by atoms with E-state index < -0.39 is 21.2 Å². The zero-order valence-electron chi connectivity index (χ0n) is 18.1. The van der Waals surface area contributed by atoms with Gasteiger partial charge in [0.15, 0.2) is 6.10 Å². The van der Waals surface area contributed by atoms with Crippen LogP contribution in [0.2, 0.25) is 0 Å². The Morgan fingerprint density at radius 2 is 1.45 bits per heavy atom. The van der Waals surface area contributed by atoms with Crippen molar-refractivity contribution in [1.82, 2.24) is 0 Å². The fourth-order valence-corrected chi connectivity index (χ4v) is 7.23. The molecule has 7 heteroatoms. The highest BCUT2D eigenvalue weighted by atomic mass is 32.3. The van der Waals surface area contributed by atoms with Gasteiger partial charge in [-0.3, -0.25) is 0 Å². The minimum Gasteiger partial charge on any atom is -0.493 e. The van der Waals surface area contributed by atoms with E-state index in [4.69, 9.17) is 14.2 Å². The summed E-state index contributed by atoms with van der Waals surface area (Å²) in [5.74, 6) is 0. The summed E-state index contributed by atoms with van der Waals surface area (Å²) >= 11 is 4.86. The lowest BCUT2D eigenvalue weighted by atomic mass is 9.91. The lowest BCUT2D eigenvalue weighted by Crippen LogP contribution is -2.62. The van der Waals surface area contributed by atoms with E-state index in [1.165, 1.54) is 0 Å². The second-order valence-electron chi connectivity index (χ2n) is 7.19. The molecule has 31 heavy (non-hydrogen) atoms. The van der Waals surface area contributed by atoms with Gasteiger partial charge in [-0.1, -0.05) is 60.7 Å². The maximum absolute atomic E-state index is 12.0. The van der Waals surface area contributed by atoms with E-state index in [1.54, 1.807) is 47.6 Å². The summed E-state index contributed by atoms with van der Waals surface area (Å²) in [4.78, 5) is 0. The molecule has 1 heterocycles. The first-order valence-electron chi connectivity index (χ1n) is 10.1. The van der Waals surface area contributed by atoms with Crippen molar-refractivity contribution in [1.29, 1.82) is 0 Å². The van der Waals surface area contributed by atoms with Crippen molar-refractivity contribution in [3.63, 3.8) is 0 Å². The lowest BCUT2D eigenvalue weighted by molar-refractivity contribution is -0.166. The lowest BCUT2D eigenvalue weighted by Gasteiger charge is -2.49. The van der Waals surface area contributed by atoms with Crippen LogP contribution in [0, 0.1) is 0 Å². The van der Waals surface area contributed by atoms with Crippen LogP contribution < -0.4 is 0 Å². The second-order valence-corrected chi connectivity index (χ2v) is 11.0. The van der Waals surface area contributed by atoms with E-state index in [1.807, 2.05) is 79.4 Å². The number of hydrogen-bond donors (Lipinski definition) is 1. The summed E-state index contributed by atoms with van der Waals surface area (Å²) in [5.41, 5.74) is 0.892. The molecule has 1 N–H and O–H groups in total. The van der Waals surface area contributed by atoms with Gasteiger partial charge in [-0.2, -0.15) is 0 Å². The van der Waals surface area contributed by atoms with Gasteiger partial charge in [0, 0.05) is 0 Å². The van der Waals surface area contributed by atoms with E-state index in [2.05, 4.69) is 0 Å². The van der Waals surface area contributed by atoms with Crippen LogP contribution >= 0.6 is 35.3 Å². The van der Waals surface area contributed by atoms with Gasteiger partial charge in [-0.15, -0.1) is 35.3 Å². The maximum Gasteiger partial charge on any atom is 0.150 e. The highest BCUT2D eigenvalue weighted by Crippen LogP contribution is 2.55. The Kier molecular flexibility index (Phi) is 9.25. The van der Waals surface area contributed by atoms with Crippen molar-refractivity contribution in [2.45, 2.75) is 34.4 Å². The smallest absolute Gasteiger partial charge is 0.150 e. The summed E-state index contributed by atoms with van der Waals surface area (Å²) < 4.78 is 17.7. The molecule has 168 valence electrons. The van der Waals surface area contributed by atoms with Crippen LogP contribution in [0.5, 0.6) is 0 Å². The van der Waals surface area contributed by atoms with Crippen molar-refractivity contribution < 1.29 is 19.3 Å². The van der Waals surface area contributed by atoms with Crippen molar-refractivity contribution >= 4 is 35.3 Å². The fraction of sp³-hybridized carbons (Fsp3) is 0.417. The van der Waals surface area contributed by atoms with Crippen molar-refractivity contribution in [3.05, 3.63) is 84.1 Å². The van der Waals surface area contributed by atoms with Crippen LogP contribution in [0.3, 0.4) is 0 Å². The Balaban J connectivity index is 1.81. The quantitative estimate of drug-likeness (QED) is 0.447. The molecule has 1 aliphatic heterocycles. The molecule has 0 radical (unpaired) electrons. The number of rotatable bonds is 11. The Morgan fingerprint density at radius 3 is 2.00 bits per heavy atom. The zero-order chi connectivity index (χ0) is 22.2. The van der Waals surface area contributed by atoms with E-state index in [0.29, 0.717) is 19.8 Å². The predicted molar refractivity (Wildman–Crippen MR) is 133 cm³/mol. The van der Waals surface area contributed by atoms with E-state index in [0.717, 1.165) is 11.1 Å².